The van der Waals surface area contributed by atoms with Crippen molar-refractivity contribution in [3.8, 4) is 11.3 Å². The lowest BCUT2D eigenvalue weighted by molar-refractivity contribution is 0.510. The second kappa shape index (κ2) is 5.73. The summed E-state index contributed by atoms with van der Waals surface area (Å²) in [6, 6.07) is 15.6. The molecule has 0 fully saturated rings. The number of rotatable bonds is 3. The van der Waals surface area contributed by atoms with E-state index in [1.165, 1.54) is 0 Å². The predicted octanol–water partition coefficient (Wildman–Crippen LogP) is 3.10. The lowest BCUT2D eigenvalue weighted by Gasteiger charge is -2.13. The average molecular weight is 293 g/mol. The summed E-state index contributed by atoms with van der Waals surface area (Å²) < 4.78 is 1.55. The van der Waals surface area contributed by atoms with Gasteiger partial charge in [0.05, 0.1) is 17.1 Å². The minimum atomic E-state index is -0.0482. The van der Waals surface area contributed by atoms with Crippen molar-refractivity contribution in [3.63, 3.8) is 0 Å². The molecule has 112 valence electrons. The summed E-state index contributed by atoms with van der Waals surface area (Å²) >= 11 is 0. The van der Waals surface area contributed by atoms with E-state index in [9.17, 15) is 4.79 Å². The van der Waals surface area contributed by atoms with Crippen LogP contribution >= 0.6 is 0 Å². The molecule has 0 unspecified atom stereocenters. The Kier molecular flexibility index (Phi) is 3.77. The molecule has 3 rings (SSSR count). The third kappa shape index (κ3) is 2.42. The summed E-state index contributed by atoms with van der Waals surface area (Å²) in [5, 5.41) is 6.18. The van der Waals surface area contributed by atoms with Crippen LogP contribution in [0.25, 0.3) is 22.0 Å². The molecule has 0 bridgehead atoms. The number of aromatic nitrogens is 2. The molecule has 2 aromatic carbocycles. The van der Waals surface area contributed by atoms with E-state index in [0.717, 1.165) is 22.2 Å². The first-order valence-corrected chi connectivity index (χ1v) is 7.42. The highest BCUT2D eigenvalue weighted by Crippen LogP contribution is 2.25. The van der Waals surface area contributed by atoms with Crippen LogP contribution < -0.4 is 11.3 Å². The number of hydrogen-bond acceptors (Lipinski definition) is 3. The van der Waals surface area contributed by atoms with Crippen molar-refractivity contribution >= 4 is 10.8 Å². The van der Waals surface area contributed by atoms with Crippen molar-refractivity contribution in [2.24, 2.45) is 5.73 Å². The Labute approximate surface area is 129 Å². The maximum absolute atomic E-state index is 12.5. The summed E-state index contributed by atoms with van der Waals surface area (Å²) in [7, 11) is 0. The van der Waals surface area contributed by atoms with Crippen LogP contribution in [0.3, 0.4) is 0 Å². The summed E-state index contributed by atoms with van der Waals surface area (Å²) in [5.74, 6) is 0. The van der Waals surface area contributed by atoms with Crippen molar-refractivity contribution in [2.75, 3.05) is 0 Å². The molecule has 0 radical (unpaired) electrons. The zero-order chi connectivity index (χ0) is 15.7. The molecular weight excluding hydrogens is 274 g/mol. The standard InChI is InChI=1S/C18H19N3O/c1-12(2)21-18(22)16-6-4-3-5-15(16)17(20-21)14-9-7-13(11-19)8-10-14/h3-10,12H,11,19H2,1-2H3. The molecule has 1 aromatic heterocycles. The lowest BCUT2D eigenvalue weighted by atomic mass is 10.0. The van der Waals surface area contributed by atoms with Gasteiger partial charge in [-0.15, -0.1) is 0 Å². The molecule has 0 aliphatic rings. The van der Waals surface area contributed by atoms with Gasteiger partial charge >= 0.3 is 0 Å². The lowest BCUT2D eigenvalue weighted by Crippen LogP contribution is -2.25. The number of nitrogens with two attached hydrogens (primary N) is 1. The van der Waals surface area contributed by atoms with E-state index in [1.54, 1.807) is 4.68 Å². The molecule has 0 aliphatic carbocycles. The van der Waals surface area contributed by atoms with Crippen molar-refractivity contribution in [1.82, 2.24) is 9.78 Å². The third-order valence-electron chi connectivity index (χ3n) is 3.78. The van der Waals surface area contributed by atoms with Gasteiger partial charge in [0, 0.05) is 17.5 Å². The highest BCUT2D eigenvalue weighted by atomic mass is 16.1. The summed E-state index contributed by atoms with van der Waals surface area (Å²) in [5.41, 5.74) is 8.49. The van der Waals surface area contributed by atoms with Gasteiger partial charge in [0.25, 0.3) is 5.56 Å². The fourth-order valence-electron chi connectivity index (χ4n) is 2.57. The van der Waals surface area contributed by atoms with Gasteiger partial charge in [0.1, 0.15) is 0 Å². The Morgan fingerprint density at radius 2 is 1.68 bits per heavy atom. The molecule has 4 nitrogen and oxygen atoms in total. The van der Waals surface area contributed by atoms with Crippen LogP contribution in [0.15, 0.2) is 53.3 Å². The minimum absolute atomic E-state index is 0.0131. The normalized spacial score (nSPS) is 11.3. The molecule has 0 saturated heterocycles. The van der Waals surface area contributed by atoms with Crippen LogP contribution in [0.5, 0.6) is 0 Å². The second-order valence-corrected chi connectivity index (χ2v) is 5.64. The Hall–Kier alpha value is -2.46. The van der Waals surface area contributed by atoms with Gasteiger partial charge in [-0.1, -0.05) is 42.5 Å². The van der Waals surface area contributed by atoms with Crippen molar-refractivity contribution < 1.29 is 0 Å². The Balaban J connectivity index is 2.32. The first-order valence-electron chi connectivity index (χ1n) is 7.42. The first kappa shape index (κ1) is 14.5. The van der Waals surface area contributed by atoms with E-state index in [1.807, 2.05) is 62.4 Å². The van der Waals surface area contributed by atoms with Crippen LogP contribution in [0.2, 0.25) is 0 Å². The molecule has 0 saturated carbocycles. The summed E-state index contributed by atoms with van der Waals surface area (Å²) in [6.45, 7) is 4.44. The van der Waals surface area contributed by atoms with Crippen molar-refractivity contribution in [3.05, 3.63) is 64.4 Å². The molecule has 4 heteroatoms. The van der Waals surface area contributed by atoms with Gasteiger partial charge in [-0.3, -0.25) is 4.79 Å². The fraction of sp³-hybridized carbons (Fsp3) is 0.222. The summed E-state index contributed by atoms with van der Waals surface area (Å²) in [4.78, 5) is 12.5. The minimum Gasteiger partial charge on any atom is -0.326 e. The number of hydrogen-bond donors (Lipinski definition) is 1. The molecule has 0 aliphatic heterocycles. The molecule has 1 heterocycles. The largest absolute Gasteiger partial charge is 0.326 e. The van der Waals surface area contributed by atoms with E-state index >= 15 is 0 Å². The predicted molar refractivity (Wildman–Crippen MR) is 89.7 cm³/mol. The Morgan fingerprint density at radius 1 is 1.05 bits per heavy atom. The molecule has 0 atom stereocenters. The highest BCUT2D eigenvalue weighted by molar-refractivity contribution is 5.93. The van der Waals surface area contributed by atoms with Crippen molar-refractivity contribution in [1.29, 1.82) is 0 Å². The maximum Gasteiger partial charge on any atom is 0.274 e. The maximum atomic E-state index is 12.5. The zero-order valence-electron chi connectivity index (χ0n) is 12.8. The second-order valence-electron chi connectivity index (χ2n) is 5.64. The van der Waals surface area contributed by atoms with E-state index in [2.05, 4.69) is 5.10 Å². The first-order chi connectivity index (χ1) is 10.6. The Bertz CT molecular complexity index is 864. The van der Waals surface area contributed by atoms with Gasteiger partial charge < -0.3 is 5.73 Å². The number of fused-ring (bicyclic) bond motifs is 1. The molecule has 3 aromatic rings. The molecule has 22 heavy (non-hydrogen) atoms. The van der Waals surface area contributed by atoms with E-state index in [-0.39, 0.29) is 11.6 Å². The summed E-state index contributed by atoms with van der Waals surface area (Å²) in [6.07, 6.45) is 0. The smallest absolute Gasteiger partial charge is 0.274 e. The Morgan fingerprint density at radius 3 is 2.27 bits per heavy atom. The fourth-order valence-corrected chi connectivity index (χ4v) is 2.57. The van der Waals surface area contributed by atoms with Gasteiger partial charge in [-0.05, 0) is 25.5 Å². The van der Waals surface area contributed by atoms with Crippen LogP contribution in [0.1, 0.15) is 25.5 Å². The molecular formula is C18H19N3O. The van der Waals surface area contributed by atoms with Gasteiger partial charge in [0.2, 0.25) is 0 Å². The monoisotopic (exact) mass is 293 g/mol. The number of benzene rings is 2. The SMILES string of the molecule is CC(C)n1nc(-c2ccc(CN)cc2)c2ccccc2c1=O. The van der Waals surface area contributed by atoms with Gasteiger partial charge in [0.15, 0.2) is 0 Å². The highest BCUT2D eigenvalue weighted by Gasteiger charge is 2.13. The van der Waals surface area contributed by atoms with Crippen LogP contribution in [0, 0.1) is 0 Å². The topological polar surface area (TPSA) is 60.9 Å². The van der Waals surface area contributed by atoms with E-state index in [0.29, 0.717) is 11.9 Å². The molecule has 2 N–H and O–H groups in total. The quantitative estimate of drug-likeness (QED) is 0.807. The van der Waals surface area contributed by atoms with E-state index in [4.69, 9.17) is 5.73 Å². The van der Waals surface area contributed by atoms with Gasteiger partial charge in [-0.25, -0.2) is 4.68 Å². The van der Waals surface area contributed by atoms with E-state index < -0.39 is 0 Å². The number of nitrogens with zero attached hydrogens (tertiary/aromatic N) is 2. The zero-order valence-corrected chi connectivity index (χ0v) is 12.8. The van der Waals surface area contributed by atoms with Gasteiger partial charge in [-0.2, -0.15) is 5.10 Å². The van der Waals surface area contributed by atoms with Crippen LogP contribution in [0.4, 0.5) is 0 Å². The van der Waals surface area contributed by atoms with Crippen LogP contribution in [-0.4, -0.2) is 9.78 Å². The third-order valence-corrected chi connectivity index (χ3v) is 3.78. The average Bonchev–Trinajstić information content (AvgIpc) is 2.55. The molecule has 0 spiro atoms. The molecule has 0 amide bonds. The van der Waals surface area contributed by atoms with Crippen molar-refractivity contribution in [2.45, 2.75) is 26.4 Å². The van der Waals surface area contributed by atoms with Crippen LogP contribution in [-0.2, 0) is 6.54 Å².